The van der Waals surface area contributed by atoms with Gasteiger partial charge in [-0.05, 0) is 42.8 Å². The van der Waals surface area contributed by atoms with E-state index in [1.54, 1.807) is 25.1 Å². The number of hydrogen-bond acceptors (Lipinski definition) is 4. The van der Waals surface area contributed by atoms with Crippen LogP contribution in [0.15, 0.2) is 80.8 Å². The topological polar surface area (TPSA) is 78.6 Å². The Morgan fingerprint density at radius 1 is 1.10 bits per heavy atom. The fraction of sp³-hybridized carbons (Fsp3) is 0.0870. The van der Waals surface area contributed by atoms with Gasteiger partial charge in [-0.2, -0.15) is 0 Å². The zero-order chi connectivity index (χ0) is 21.3. The van der Waals surface area contributed by atoms with Crippen LogP contribution in [-0.2, 0) is 6.42 Å². The van der Waals surface area contributed by atoms with Crippen molar-refractivity contribution in [3.05, 3.63) is 98.2 Å². The van der Waals surface area contributed by atoms with E-state index in [-0.39, 0.29) is 11.1 Å². The molecule has 2 heterocycles. The van der Waals surface area contributed by atoms with E-state index < -0.39 is 0 Å². The number of aryl methyl sites for hydroxylation is 1. The second-order valence-corrected chi connectivity index (χ2v) is 8.18. The Balaban J connectivity index is 1.94. The highest BCUT2D eigenvalue weighted by atomic mass is 35.5. The molecule has 0 spiro atoms. The molecule has 0 unspecified atom stereocenters. The van der Waals surface area contributed by atoms with Gasteiger partial charge in [0.05, 0.1) is 10.4 Å². The minimum absolute atomic E-state index is 0.227. The largest absolute Gasteiger partial charge is 0.321 e. The van der Waals surface area contributed by atoms with Crippen molar-refractivity contribution in [3.8, 4) is 11.1 Å². The van der Waals surface area contributed by atoms with Crippen molar-refractivity contribution in [2.75, 3.05) is 0 Å². The van der Waals surface area contributed by atoms with Gasteiger partial charge in [0.25, 0.3) is 11.1 Å². The lowest BCUT2D eigenvalue weighted by atomic mass is 10.0. The molecule has 5 nitrogen and oxygen atoms in total. The molecule has 0 aliphatic rings. The molecule has 2 aromatic heterocycles. The van der Waals surface area contributed by atoms with Crippen molar-refractivity contribution in [1.29, 1.82) is 0 Å². The van der Waals surface area contributed by atoms with Crippen LogP contribution in [0, 0.1) is 6.92 Å². The average Bonchev–Trinajstić information content (AvgIpc) is 2.72. The number of aromatic amines is 2. The van der Waals surface area contributed by atoms with Crippen LogP contribution in [0.4, 0.5) is 0 Å². The van der Waals surface area contributed by atoms with E-state index in [9.17, 15) is 9.59 Å². The first kappa shape index (κ1) is 20.2. The summed E-state index contributed by atoms with van der Waals surface area (Å²) in [5.41, 5.74) is 2.99. The first-order chi connectivity index (χ1) is 14.5. The van der Waals surface area contributed by atoms with E-state index >= 15 is 0 Å². The summed E-state index contributed by atoms with van der Waals surface area (Å²) in [5, 5.41) is 1.76. The van der Waals surface area contributed by atoms with E-state index in [4.69, 9.17) is 11.6 Å². The standard InChI is InChI=1S/C23H18ClN3O2S/c1-3-7-16-13(2)25-23(27-21(16)28)30-20-19(14-8-5-4-6-9-14)17-11-10-15(24)12-18(17)26-22(20)29/h3-6,8-12H,1,7H2,2H3,(H,26,29)(H,25,27,28). The maximum Gasteiger partial charge on any atom is 0.263 e. The lowest BCUT2D eigenvalue weighted by molar-refractivity contribution is 0.870. The number of benzene rings is 2. The van der Waals surface area contributed by atoms with Crippen molar-refractivity contribution in [3.63, 3.8) is 0 Å². The summed E-state index contributed by atoms with van der Waals surface area (Å²) in [7, 11) is 0. The Morgan fingerprint density at radius 3 is 2.57 bits per heavy atom. The van der Waals surface area contributed by atoms with E-state index in [1.807, 2.05) is 36.4 Å². The van der Waals surface area contributed by atoms with Gasteiger partial charge in [-0.15, -0.1) is 6.58 Å². The molecule has 0 amide bonds. The summed E-state index contributed by atoms with van der Waals surface area (Å²) >= 11 is 7.27. The summed E-state index contributed by atoms with van der Waals surface area (Å²) in [6.45, 7) is 5.46. The number of allylic oxidation sites excluding steroid dienone is 1. The number of hydrogen-bond donors (Lipinski definition) is 2. The van der Waals surface area contributed by atoms with Crippen LogP contribution >= 0.6 is 23.4 Å². The maximum atomic E-state index is 13.0. The molecule has 7 heteroatoms. The average molecular weight is 436 g/mol. The van der Waals surface area contributed by atoms with Crippen LogP contribution in [0.1, 0.15) is 11.3 Å². The number of H-pyrrole nitrogens is 2. The van der Waals surface area contributed by atoms with Gasteiger partial charge in [0.1, 0.15) is 0 Å². The molecule has 150 valence electrons. The highest BCUT2D eigenvalue weighted by molar-refractivity contribution is 7.99. The molecule has 0 aliphatic heterocycles. The smallest absolute Gasteiger partial charge is 0.263 e. The normalized spacial score (nSPS) is 11.0. The van der Waals surface area contributed by atoms with Crippen LogP contribution in [0.5, 0.6) is 0 Å². The summed E-state index contributed by atoms with van der Waals surface area (Å²) in [6.07, 6.45) is 2.10. The molecule has 0 fully saturated rings. The predicted molar refractivity (Wildman–Crippen MR) is 123 cm³/mol. The molecule has 4 aromatic rings. The van der Waals surface area contributed by atoms with Gasteiger partial charge in [0, 0.05) is 27.2 Å². The number of aromatic nitrogens is 3. The summed E-state index contributed by atoms with van der Waals surface area (Å²) < 4.78 is 0. The fourth-order valence-corrected chi connectivity index (χ4v) is 4.52. The van der Waals surface area contributed by atoms with Crippen LogP contribution in [-0.4, -0.2) is 15.0 Å². The summed E-state index contributed by atoms with van der Waals surface area (Å²) in [6, 6.07) is 15.0. The molecule has 30 heavy (non-hydrogen) atoms. The number of rotatable bonds is 5. The molecule has 2 N–H and O–H groups in total. The molecule has 0 aliphatic carbocycles. The molecule has 0 bridgehead atoms. The SMILES string of the molecule is C=CCc1c(C)nc(Sc2c(-c3ccccc3)c3ccc(Cl)cc3[nH]c2=O)[nH]c1=O. The minimum Gasteiger partial charge on any atom is -0.321 e. The van der Waals surface area contributed by atoms with E-state index in [2.05, 4.69) is 21.5 Å². The fourth-order valence-electron chi connectivity index (χ4n) is 3.36. The first-order valence-corrected chi connectivity index (χ1v) is 10.5. The van der Waals surface area contributed by atoms with Crippen molar-refractivity contribution < 1.29 is 0 Å². The highest BCUT2D eigenvalue weighted by Gasteiger charge is 2.18. The van der Waals surface area contributed by atoms with Crippen LogP contribution < -0.4 is 11.1 Å². The quantitative estimate of drug-likeness (QED) is 0.337. The number of fused-ring (bicyclic) bond motifs is 1. The highest BCUT2D eigenvalue weighted by Crippen LogP contribution is 2.37. The predicted octanol–water partition coefficient (Wildman–Crippen LogP) is 5.12. The van der Waals surface area contributed by atoms with Gasteiger partial charge in [0.15, 0.2) is 5.16 Å². The first-order valence-electron chi connectivity index (χ1n) is 9.27. The second-order valence-electron chi connectivity index (χ2n) is 6.74. The second kappa shape index (κ2) is 8.34. The molecule has 2 aromatic carbocycles. The zero-order valence-corrected chi connectivity index (χ0v) is 17.7. The van der Waals surface area contributed by atoms with Gasteiger partial charge in [0.2, 0.25) is 0 Å². The summed E-state index contributed by atoms with van der Waals surface area (Å²) in [4.78, 5) is 36.1. The lowest BCUT2D eigenvalue weighted by Crippen LogP contribution is -2.17. The number of nitrogens with zero attached hydrogens (tertiary/aromatic N) is 1. The van der Waals surface area contributed by atoms with Gasteiger partial charge in [-0.25, -0.2) is 4.98 Å². The number of pyridine rings is 1. The Morgan fingerprint density at radius 2 is 1.87 bits per heavy atom. The van der Waals surface area contributed by atoms with Crippen molar-refractivity contribution in [1.82, 2.24) is 15.0 Å². The van der Waals surface area contributed by atoms with E-state index in [0.29, 0.717) is 38.3 Å². The Hall–Kier alpha value is -3.09. The molecule has 0 saturated heterocycles. The molecule has 4 rings (SSSR count). The maximum absolute atomic E-state index is 13.0. The van der Waals surface area contributed by atoms with Crippen LogP contribution in [0.3, 0.4) is 0 Å². The monoisotopic (exact) mass is 435 g/mol. The van der Waals surface area contributed by atoms with Gasteiger partial charge < -0.3 is 9.97 Å². The number of halogens is 1. The molecule has 0 radical (unpaired) electrons. The lowest BCUT2D eigenvalue weighted by Gasteiger charge is -2.13. The molecule has 0 saturated carbocycles. The van der Waals surface area contributed by atoms with Gasteiger partial charge in [-0.1, -0.05) is 54.1 Å². The van der Waals surface area contributed by atoms with Crippen molar-refractivity contribution in [2.45, 2.75) is 23.4 Å². The van der Waals surface area contributed by atoms with Crippen LogP contribution in [0.2, 0.25) is 5.02 Å². The molecular weight excluding hydrogens is 418 g/mol. The van der Waals surface area contributed by atoms with E-state index in [1.165, 1.54) is 0 Å². The Kier molecular flexibility index (Phi) is 5.61. The van der Waals surface area contributed by atoms with Crippen molar-refractivity contribution >= 4 is 34.3 Å². The van der Waals surface area contributed by atoms with Crippen LogP contribution in [0.25, 0.3) is 22.0 Å². The Labute approximate surface area is 181 Å². The third-order valence-corrected chi connectivity index (χ3v) is 5.96. The van der Waals surface area contributed by atoms with Crippen molar-refractivity contribution in [2.24, 2.45) is 0 Å². The minimum atomic E-state index is -0.274. The zero-order valence-electron chi connectivity index (χ0n) is 16.2. The number of nitrogens with one attached hydrogen (secondary N) is 2. The molecular formula is C23H18ClN3O2S. The Bertz CT molecular complexity index is 1380. The van der Waals surface area contributed by atoms with E-state index in [0.717, 1.165) is 28.3 Å². The third-order valence-electron chi connectivity index (χ3n) is 4.74. The molecule has 0 atom stereocenters. The van der Waals surface area contributed by atoms with Gasteiger partial charge in [-0.3, -0.25) is 9.59 Å². The van der Waals surface area contributed by atoms with Gasteiger partial charge >= 0.3 is 0 Å². The third kappa shape index (κ3) is 3.84. The summed E-state index contributed by atoms with van der Waals surface area (Å²) in [5.74, 6) is 0.